The normalized spacial score (nSPS) is 27.6. The van der Waals surface area contributed by atoms with E-state index in [0.717, 1.165) is 0 Å². The number of ether oxygens (including phenoxy) is 1. The van der Waals surface area contributed by atoms with Gasteiger partial charge in [-0.1, -0.05) is 26.7 Å². The maximum Gasteiger partial charge on any atom is 0.0897 e. The molecular weight excluding hydrogens is 190 g/mol. The molecule has 2 N–H and O–H groups in total. The van der Waals surface area contributed by atoms with Crippen molar-refractivity contribution >= 4 is 0 Å². The smallest absolute Gasteiger partial charge is 0.0897 e. The zero-order chi connectivity index (χ0) is 11.3. The summed E-state index contributed by atoms with van der Waals surface area (Å²) in [5.41, 5.74) is 0.366. The van der Waals surface area contributed by atoms with E-state index >= 15 is 0 Å². The van der Waals surface area contributed by atoms with Gasteiger partial charge in [0.15, 0.2) is 0 Å². The van der Waals surface area contributed by atoms with Gasteiger partial charge >= 0.3 is 0 Å². The van der Waals surface area contributed by atoms with Crippen molar-refractivity contribution in [3.8, 4) is 0 Å². The second-order valence-electron chi connectivity index (χ2n) is 5.30. The number of hydrogen-bond acceptors (Lipinski definition) is 3. The van der Waals surface area contributed by atoms with Crippen LogP contribution in [0.2, 0.25) is 0 Å². The summed E-state index contributed by atoms with van der Waals surface area (Å²) in [6.45, 7) is 5.68. The number of methoxy groups -OCH3 is 1. The van der Waals surface area contributed by atoms with Crippen molar-refractivity contribution in [2.75, 3.05) is 20.3 Å². The lowest BCUT2D eigenvalue weighted by atomic mass is 9.73. The third-order valence-corrected chi connectivity index (χ3v) is 3.47. The summed E-state index contributed by atoms with van der Waals surface area (Å²) in [6, 6.07) is 0.540. The fourth-order valence-corrected chi connectivity index (χ4v) is 2.40. The molecular formula is C12H25NO2. The quantitative estimate of drug-likeness (QED) is 0.731. The highest BCUT2D eigenvalue weighted by Gasteiger charge is 2.31. The van der Waals surface area contributed by atoms with Crippen molar-refractivity contribution in [1.82, 2.24) is 5.32 Å². The molecule has 1 rings (SSSR count). The summed E-state index contributed by atoms with van der Waals surface area (Å²) >= 11 is 0. The highest BCUT2D eigenvalue weighted by atomic mass is 16.5. The first-order chi connectivity index (χ1) is 7.06. The SMILES string of the molecule is COCC(O)CNC1CCCCC1(C)C. The fourth-order valence-electron chi connectivity index (χ4n) is 2.40. The monoisotopic (exact) mass is 215 g/mol. The van der Waals surface area contributed by atoms with Crippen LogP contribution in [0.3, 0.4) is 0 Å². The molecule has 1 fully saturated rings. The van der Waals surface area contributed by atoms with E-state index in [0.29, 0.717) is 24.6 Å². The number of nitrogens with one attached hydrogen (secondary N) is 1. The van der Waals surface area contributed by atoms with Gasteiger partial charge in [0.1, 0.15) is 0 Å². The number of aliphatic hydroxyl groups is 1. The highest BCUT2D eigenvalue weighted by Crippen LogP contribution is 2.35. The molecule has 0 heterocycles. The highest BCUT2D eigenvalue weighted by molar-refractivity contribution is 4.88. The van der Waals surface area contributed by atoms with Gasteiger partial charge in [0, 0.05) is 19.7 Å². The van der Waals surface area contributed by atoms with E-state index < -0.39 is 0 Å². The van der Waals surface area contributed by atoms with Crippen molar-refractivity contribution in [1.29, 1.82) is 0 Å². The molecule has 0 saturated heterocycles. The minimum atomic E-state index is -0.382. The summed E-state index contributed by atoms with van der Waals surface area (Å²) in [5.74, 6) is 0. The zero-order valence-electron chi connectivity index (χ0n) is 10.3. The Balaban J connectivity index is 2.30. The first kappa shape index (κ1) is 12.9. The van der Waals surface area contributed by atoms with Gasteiger partial charge in [-0.3, -0.25) is 0 Å². The molecule has 0 spiro atoms. The molecule has 0 aromatic rings. The minimum absolute atomic E-state index is 0.366. The van der Waals surface area contributed by atoms with Gasteiger partial charge in [-0.2, -0.15) is 0 Å². The molecule has 1 saturated carbocycles. The van der Waals surface area contributed by atoms with Crippen molar-refractivity contribution < 1.29 is 9.84 Å². The van der Waals surface area contributed by atoms with Crippen LogP contribution < -0.4 is 5.32 Å². The molecule has 0 amide bonds. The molecule has 3 nitrogen and oxygen atoms in total. The Hall–Kier alpha value is -0.120. The summed E-state index contributed by atoms with van der Waals surface area (Å²) in [6.07, 6.45) is 4.78. The van der Waals surface area contributed by atoms with Gasteiger partial charge < -0.3 is 15.2 Å². The Morgan fingerprint density at radius 3 is 2.80 bits per heavy atom. The molecule has 0 bridgehead atoms. The average molecular weight is 215 g/mol. The largest absolute Gasteiger partial charge is 0.389 e. The van der Waals surface area contributed by atoms with E-state index in [-0.39, 0.29) is 6.10 Å². The molecule has 0 aliphatic heterocycles. The van der Waals surface area contributed by atoms with Gasteiger partial charge in [-0.25, -0.2) is 0 Å². The topological polar surface area (TPSA) is 41.5 Å². The Morgan fingerprint density at radius 1 is 1.47 bits per heavy atom. The van der Waals surface area contributed by atoms with E-state index in [9.17, 15) is 5.11 Å². The fraction of sp³-hybridized carbons (Fsp3) is 1.00. The lowest BCUT2D eigenvalue weighted by Gasteiger charge is -2.39. The summed E-state index contributed by atoms with van der Waals surface area (Å²) in [4.78, 5) is 0. The third kappa shape index (κ3) is 4.09. The van der Waals surface area contributed by atoms with Gasteiger partial charge in [0.25, 0.3) is 0 Å². The maximum absolute atomic E-state index is 9.56. The van der Waals surface area contributed by atoms with Crippen LogP contribution in [0.1, 0.15) is 39.5 Å². The second-order valence-corrected chi connectivity index (χ2v) is 5.30. The molecule has 1 aliphatic carbocycles. The zero-order valence-corrected chi connectivity index (χ0v) is 10.3. The van der Waals surface area contributed by atoms with Gasteiger partial charge in [-0.05, 0) is 18.3 Å². The third-order valence-electron chi connectivity index (χ3n) is 3.47. The Bertz CT molecular complexity index is 182. The van der Waals surface area contributed by atoms with Crippen LogP contribution >= 0.6 is 0 Å². The number of rotatable bonds is 5. The minimum Gasteiger partial charge on any atom is -0.389 e. The second kappa shape index (κ2) is 5.83. The molecule has 0 aromatic heterocycles. The van der Waals surface area contributed by atoms with Gasteiger partial charge in [0.2, 0.25) is 0 Å². The Labute approximate surface area is 93.2 Å². The van der Waals surface area contributed by atoms with Crippen LogP contribution in [0.5, 0.6) is 0 Å². The van der Waals surface area contributed by atoms with E-state index in [2.05, 4.69) is 19.2 Å². The molecule has 0 aromatic carbocycles. The number of hydrogen-bond donors (Lipinski definition) is 2. The van der Waals surface area contributed by atoms with E-state index in [1.807, 2.05) is 0 Å². The molecule has 0 radical (unpaired) electrons. The first-order valence-electron chi connectivity index (χ1n) is 5.96. The molecule has 1 aliphatic rings. The maximum atomic E-state index is 9.56. The Kier molecular flexibility index (Phi) is 5.03. The lowest BCUT2D eigenvalue weighted by Crippen LogP contribution is -2.47. The van der Waals surface area contributed by atoms with Crippen LogP contribution in [-0.4, -0.2) is 37.5 Å². The summed E-state index contributed by atoms with van der Waals surface area (Å²) in [7, 11) is 1.62. The van der Waals surface area contributed by atoms with E-state index in [1.165, 1.54) is 25.7 Å². The van der Waals surface area contributed by atoms with Gasteiger partial charge in [0.05, 0.1) is 12.7 Å². The summed E-state index contributed by atoms with van der Waals surface area (Å²) in [5, 5.41) is 13.0. The predicted octanol–water partition coefficient (Wildman–Crippen LogP) is 1.55. The number of aliphatic hydroxyl groups excluding tert-OH is 1. The van der Waals surface area contributed by atoms with Crippen LogP contribution in [0.15, 0.2) is 0 Å². The molecule has 15 heavy (non-hydrogen) atoms. The van der Waals surface area contributed by atoms with Gasteiger partial charge in [-0.15, -0.1) is 0 Å². The van der Waals surface area contributed by atoms with Crippen molar-refractivity contribution in [2.45, 2.75) is 51.7 Å². The van der Waals surface area contributed by atoms with E-state index in [4.69, 9.17) is 4.74 Å². The molecule has 3 heteroatoms. The van der Waals surface area contributed by atoms with Crippen LogP contribution in [0, 0.1) is 5.41 Å². The molecule has 2 unspecified atom stereocenters. The van der Waals surface area contributed by atoms with Crippen molar-refractivity contribution in [3.63, 3.8) is 0 Å². The van der Waals surface area contributed by atoms with Crippen molar-refractivity contribution in [2.24, 2.45) is 5.41 Å². The lowest BCUT2D eigenvalue weighted by molar-refractivity contribution is 0.0549. The predicted molar refractivity (Wildman–Crippen MR) is 61.9 cm³/mol. The average Bonchev–Trinajstić information content (AvgIpc) is 2.16. The van der Waals surface area contributed by atoms with Crippen molar-refractivity contribution in [3.05, 3.63) is 0 Å². The molecule has 2 atom stereocenters. The standard InChI is InChI=1S/C12H25NO2/c1-12(2)7-5-4-6-11(12)13-8-10(14)9-15-3/h10-11,13-14H,4-9H2,1-3H3. The summed E-state index contributed by atoms with van der Waals surface area (Å²) < 4.78 is 4.91. The molecule has 90 valence electrons. The van der Waals surface area contributed by atoms with Crippen LogP contribution in [0.4, 0.5) is 0 Å². The first-order valence-corrected chi connectivity index (χ1v) is 5.96. The Morgan fingerprint density at radius 2 is 2.20 bits per heavy atom. The van der Waals surface area contributed by atoms with Crippen LogP contribution in [-0.2, 0) is 4.74 Å². The van der Waals surface area contributed by atoms with Crippen LogP contribution in [0.25, 0.3) is 0 Å². The van der Waals surface area contributed by atoms with E-state index in [1.54, 1.807) is 7.11 Å².